The molecule has 0 atom stereocenters. The molecule has 5 heavy (non-hydrogen) atoms. The quantitative estimate of drug-likeness (QED) is 0.334. The van der Waals surface area contributed by atoms with Crippen molar-refractivity contribution in [2.24, 2.45) is 0 Å². The van der Waals surface area contributed by atoms with E-state index in [-0.39, 0.29) is 69.4 Å². The molecule has 0 rings (SSSR count). The van der Waals surface area contributed by atoms with E-state index in [1.165, 1.54) is 0 Å². The largest absolute Gasteiger partial charge is 2.00 e. The summed E-state index contributed by atoms with van der Waals surface area (Å²) in [5.41, 5.74) is 0. The standard InChI is InChI=1S/Ca.ClH.3H2O.2H/h;1H;3*1H2;;/q+2;;;;;2*-1. The van der Waals surface area contributed by atoms with Gasteiger partial charge in [-0.05, 0) is 0 Å². The summed E-state index contributed by atoms with van der Waals surface area (Å²) < 4.78 is 0. The van der Waals surface area contributed by atoms with Gasteiger partial charge >= 0.3 is 37.7 Å². The van der Waals surface area contributed by atoms with Crippen molar-refractivity contribution in [1.82, 2.24) is 0 Å². The van der Waals surface area contributed by atoms with Gasteiger partial charge in [-0.1, -0.05) is 0 Å². The van der Waals surface area contributed by atoms with Gasteiger partial charge in [0, 0.05) is 0 Å². The van der Waals surface area contributed by atoms with Crippen LogP contribution in [0.3, 0.4) is 0 Å². The van der Waals surface area contributed by atoms with Gasteiger partial charge < -0.3 is 19.3 Å². The van der Waals surface area contributed by atoms with E-state index < -0.39 is 0 Å². The van der Waals surface area contributed by atoms with Crippen LogP contribution in [-0.4, -0.2) is 54.2 Å². The molecule has 0 amide bonds. The van der Waals surface area contributed by atoms with Gasteiger partial charge in [0.15, 0.2) is 0 Å². The van der Waals surface area contributed by atoms with Gasteiger partial charge in [0.1, 0.15) is 0 Å². The van der Waals surface area contributed by atoms with Gasteiger partial charge in [-0.15, -0.1) is 12.4 Å². The summed E-state index contributed by atoms with van der Waals surface area (Å²) in [6, 6.07) is 0. The van der Waals surface area contributed by atoms with Crippen LogP contribution >= 0.6 is 12.4 Å². The Balaban J connectivity index is 0. The Morgan fingerprint density at radius 3 is 0.800 bits per heavy atom. The summed E-state index contributed by atoms with van der Waals surface area (Å²) >= 11 is 0. The topological polar surface area (TPSA) is 94.5 Å². The van der Waals surface area contributed by atoms with Crippen LogP contribution in [0, 0.1) is 0 Å². The third-order valence-corrected chi connectivity index (χ3v) is 0. The Morgan fingerprint density at radius 2 is 0.800 bits per heavy atom. The monoisotopic (exact) mass is 132 g/mol. The van der Waals surface area contributed by atoms with E-state index in [1.807, 2.05) is 0 Å². The van der Waals surface area contributed by atoms with E-state index >= 15 is 0 Å². The van der Waals surface area contributed by atoms with E-state index in [0.717, 1.165) is 0 Å². The predicted octanol–water partition coefficient (Wildman–Crippen LogP) is -2.21. The van der Waals surface area contributed by atoms with E-state index in [4.69, 9.17) is 0 Å². The molecule has 0 fully saturated rings. The fourth-order valence-corrected chi connectivity index (χ4v) is 0. The van der Waals surface area contributed by atoms with Crippen molar-refractivity contribution in [2.75, 3.05) is 0 Å². The number of rotatable bonds is 0. The summed E-state index contributed by atoms with van der Waals surface area (Å²) in [6.07, 6.45) is 0. The van der Waals surface area contributed by atoms with Gasteiger partial charge in [-0.25, -0.2) is 0 Å². The summed E-state index contributed by atoms with van der Waals surface area (Å²) in [5.74, 6) is 0. The normalized spacial score (nSPS) is 0. The molecule has 0 unspecified atom stereocenters. The second-order valence-electron chi connectivity index (χ2n) is 0. The predicted molar refractivity (Wildman–Crippen MR) is 26.1 cm³/mol. The maximum absolute atomic E-state index is 0. The fraction of sp³-hybridized carbons (Fsp3) is 0. The summed E-state index contributed by atoms with van der Waals surface area (Å²) in [7, 11) is 0. The van der Waals surface area contributed by atoms with Crippen LogP contribution in [0.4, 0.5) is 0 Å². The van der Waals surface area contributed by atoms with Crippen LogP contribution in [0.1, 0.15) is 2.85 Å². The number of hydrogen-bond acceptors (Lipinski definition) is 0. The van der Waals surface area contributed by atoms with Crippen molar-refractivity contribution in [3.05, 3.63) is 0 Å². The molecule has 0 aliphatic heterocycles. The van der Waals surface area contributed by atoms with Crippen molar-refractivity contribution in [3.8, 4) is 0 Å². The first kappa shape index (κ1) is 92.7. The van der Waals surface area contributed by atoms with Gasteiger partial charge in [0.05, 0.1) is 0 Å². The van der Waals surface area contributed by atoms with Gasteiger partial charge in [0.2, 0.25) is 0 Å². The fourth-order valence-electron chi connectivity index (χ4n) is 0. The Labute approximate surface area is 69.0 Å². The van der Waals surface area contributed by atoms with Gasteiger partial charge in [0.25, 0.3) is 0 Å². The molecule has 0 aromatic heterocycles. The minimum absolute atomic E-state index is 0. The first-order chi connectivity index (χ1) is 0. The molecular formula is H9CaClO3. The molecule has 6 N–H and O–H groups in total. The van der Waals surface area contributed by atoms with Crippen LogP contribution in [0.25, 0.3) is 0 Å². The van der Waals surface area contributed by atoms with Crippen LogP contribution in [-0.2, 0) is 0 Å². The summed E-state index contributed by atoms with van der Waals surface area (Å²) in [4.78, 5) is 0. The number of halogens is 1. The Morgan fingerprint density at radius 1 is 0.800 bits per heavy atom. The molecule has 0 saturated heterocycles. The van der Waals surface area contributed by atoms with Crippen molar-refractivity contribution in [3.63, 3.8) is 0 Å². The van der Waals surface area contributed by atoms with Crippen molar-refractivity contribution < 1.29 is 19.3 Å². The average molecular weight is 133 g/mol. The van der Waals surface area contributed by atoms with Crippen molar-refractivity contribution >= 4 is 50.1 Å². The molecule has 0 aromatic carbocycles. The molecule has 0 aliphatic carbocycles. The molecular weight excluding hydrogens is 124 g/mol. The second kappa shape index (κ2) is 52.1. The Hall–Kier alpha value is 1.43. The molecule has 0 aromatic rings. The molecule has 0 aliphatic rings. The number of hydrogen-bond donors (Lipinski definition) is 0. The molecule has 0 saturated carbocycles. The van der Waals surface area contributed by atoms with Crippen molar-refractivity contribution in [2.45, 2.75) is 0 Å². The van der Waals surface area contributed by atoms with Gasteiger partial charge in [-0.3, -0.25) is 0 Å². The van der Waals surface area contributed by atoms with Gasteiger partial charge in [-0.2, -0.15) is 0 Å². The van der Waals surface area contributed by atoms with E-state index in [2.05, 4.69) is 0 Å². The first-order valence-electron chi connectivity index (χ1n) is 0. The third kappa shape index (κ3) is 31.2. The summed E-state index contributed by atoms with van der Waals surface area (Å²) in [5, 5.41) is 0. The molecule has 3 nitrogen and oxygen atoms in total. The van der Waals surface area contributed by atoms with Crippen LogP contribution in [0.5, 0.6) is 0 Å². The minimum Gasteiger partial charge on any atom is -1.00 e. The molecule has 0 spiro atoms. The third-order valence-electron chi connectivity index (χ3n) is 0. The maximum Gasteiger partial charge on any atom is 2.00 e. The van der Waals surface area contributed by atoms with E-state index in [9.17, 15) is 0 Å². The molecule has 0 radical (unpaired) electrons. The van der Waals surface area contributed by atoms with Crippen molar-refractivity contribution in [1.29, 1.82) is 0 Å². The molecule has 0 bridgehead atoms. The van der Waals surface area contributed by atoms with Crippen LogP contribution in [0.15, 0.2) is 0 Å². The van der Waals surface area contributed by atoms with Crippen LogP contribution < -0.4 is 0 Å². The summed E-state index contributed by atoms with van der Waals surface area (Å²) in [6.45, 7) is 0. The van der Waals surface area contributed by atoms with E-state index in [1.54, 1.807) is 0 Å². The minimum atomic E-state index is 0. The zero-order chi connectivity index (χ0) is 0. The zero-order valence-corrected chi connectivity index (χ0v) is 5.64. The van der Waals surface area contributed by atoms with Crippen LogP contribution in [0.2, 0.25) is 0 Å². The Bertz CT molecular complexity index is 12.9. The second-order valence-corrected chi connectivity index (χ2v) is 0. The average Bonchev–Trinajstić information content (AvgIpc) is 0. The maximum atomic E-state index is 0. The smallest absolute Gasteiger partial charge is 1.00 e. The first-order valence-corrected chi connectivity index (χ1v) is 0. The molecule has 36 valence electrons. The zero-order valence-electron chi connectivity index (χ0n) is 4.62. The molecule has 0 heterocycles. The van der Waals surface area contributed by atoms with E-state index in [0.29, 0.717) is 0 Å². The SMILES string of the molecule is Cl.O.O.O.[Ca+2].[H-].[H-]. The Kier molecular flexibility index (Phi) is 967. The molecule has 5 heteroatoms.